The van der Waals surface area contributed by atoms with Crippen LogP contribution in [0, 0.1) is 0 Å². The van der Waals surface area contributed by atoms with Crippen LogP contribution in [0.25, 0.3) is 0 Å². The van der Waals surface area contributed by atoms with Gasteiger partial charge >= 0.3 is 5.97 Å². The summed E-state index contributed by atoms with van der Waals surface area (Å²) in [6, 6.07) is 13.4. The van der Waals surface area contributed by atoms with E-state index in [2.05, 4.69) is 0 Å². The van der Waals surface area contributed by atoms with Crippen molar-refractivity contribution in [3.05, 3.63) is 64.1 Å². The third-order valence-corrected chi connectivity index (χ3v) is 3.79. The molecule has 0 N–H and O–H groups in total. The summed E-state index contributed by atoms with van der Waals surface area (Å²) < 4.78 is 10.7. The minimum atomic E-state index is -1.03. The molecule has 0 aliphatic carbocycles. The third kappa shape index (κ3) is 5.37. The summed E-state index contributed by atoms with van der Waals surface area (Å²) in [5.41, 5.74) is 0.582. The molecule has 0 radical (unpaired) electrons. The number of benzene rings is 2. The van der Waals surface area contributed by atoms with Gasteiger partial charge in [-0.15, -0.1) is 0 Å². The van der Waals surface area contributed by atoms with Crippen molar-refractivity contribution in [2.75, 3.05) is 20.7 Å². The molecule has 7 heteroatoms. The monoisotopic (exact) mass is 381 g/mol. The highest BCUT2D eigenvalue weighted by Crippen LogP contribution is 2.27. The lowest BCUT2D eigenvalue weighted by atomic mass is 10.1. The van der Waals surface area contributed by atoms with Gasteiger partial charge in [0.25, 0.3) is 5.91 Å². The first-order valence-corrected chi connectivity index (χ1v) is 8.17. The number of likely N-dealkylation sites (N-methyl/N-ethyl adjacent to an activating group) is 1. The summed E-state index contributed by atoms with van der Waals surface area (Å²) in [4.78, 5) is 25.8. The second kappa shape index (κ2) is 8.74. The maximum Gasteiger partial charge on any atom is 0.345 e. The van der Waals surface area contributed by atoms with Gasteiger partial charge in [-0.1, -0.05) is 53.5 Å². The first-order chi connectivity index (χ1) is 11.9. The number of nitrogens with zero attached hydrogens (tertiary/aromatic N) is 1. The quantitative estimate of drug-likeness (QED) is 0.715. The molecule has 1 atom stereocenters. The molecule has 2 rings (SSSR count). The van der Waals surface area contributed by atoms with Crippen molar-refractivity contribution in [2.45, 2.75) is 6.10 Å². The fraction of sp³-hybridized carbons (Fsp3) is 0.222. The second-order valence-corrected chi connectivity index (χ2v) is 6.22. The summed E-state index contributed by atoms with van der Waals surface area (Å²) in [5, 5.41) is 0.741. The number of ether oxygens (including phenoxy) is 2. The van der Waals surface area contributed by atoms with Gasteiger partial charge in [-0.3, -0.25) is 4.79 Å². The number of carbonyl (C=O) groups is 2. The van der Waals surface area contributed by atoms with Gasteiger partial charge in [0.2, 0.25) is 6.10 Å². The summed E-state index contributed by atoms with van der Waals surface area (Å²) in [6.45, 7) is -0.384. The van der Waals surface area contributed by atoms with Crippen molar-refractivity contribution in [3.63, 3.8) is 0 Å². The van der Waals surface area contributed by atoms with E-state index in [0.29, 0.717) is 16.3 Å². The summed E-state index contributed by atoms with van der Waals surface area (Å²) >= 11 is 11.8. The van der Waals surface area contributed by atoms with E-state index in [1.165, 1.54) is 11.0 Å². The Morgan fingerprint density at radius 1 is 1.08 bits per heavy atom. The first-order valence-electron chi connectivity index (χ1n) is 7.42. The predicted molar refractivity (Wildman–Crippen MR) is 95.9 cm³/mol. The van der Waals surface area contributed by atoms with Gasteiger partial charge in [0.05, 0.1) is 5.02 Å². The van der Waals surface area contributed by atoms with Crippen LogP contribution in [0.5, 0.6) is 5.75 Å². The fourth-order valence-corrected chi connectivity index (χ4v) is 2.48. The van der Waals surface area contributed by atoms with Gasteiger partial charge in [0.1, 0.15) is 5.75 Å². The van der Waals surface area contributed by atoms with Gasteiger partial charge in [-0.2, -0.15) is 0 Å². The van der Waals surface area contributed by atoms with Gasteiger partial charge in [-0.05, 0) is 18.2 Å². The Morgan fingerprint density at radius 2 is 1.76 bits per heavy atom. The summed E-state index contributed by atoms with van der Waals surface area (Å²) in [5.74, 6) is -0.725. The molecule has 5 nitrogen and oxygen atoms in total. The van der Waals surface area contributed by atoms with E-state index >= 15 is 0 Å². The number of hydrogen-bond acceptors (Lipinski definition) is 4. The van der Waals surface area contributed by atoms with Gasteiger partial charge in [0.15, 0.2) is 6.61 Å². The van der Waals surface area contributed by atoms with E-state index in [4.69, 9.17) is 32.7 Å². The molecule has 25 heavy (non-hydrogen) atoms. The second-order valence-electron chi connectivity index (χ2n) is 5.38. The van der Waals surface area contributed by atoms with E-state index < -0.39 is 12.1 Å². The molecule has 2 aromatic carbocycles. The SMILES string of the molecule is CN(C)C(=O)[C@H](OC(=O)COc1ccc(Cl)cc1Cl)c1ccccc1. The molecule has 0 aliphatic heterocycles. The van der Waals surface area contributed by atoms with Crippen molar-refractivity contribution in [3.8, 4) is 5.75 Å². The minimum Gasteiger partial charge on any atom is -0.480 e. The van der Waals surface area contributed by atoms with Crippen LogP contribution in [0.4, 0.5) is 0 Å². The van der Waals surface area contributed by atoms with Crippen LogP contribution in [0.1, 0.15) is 11.7 Å². The fourth-order valence-electron chi connectivity index (χ4n) is 2.02. The molecular weight excluding hydrogens is 365 g/mol. The van der Waals surface area contributed by atoms with Crippen molar-refractivity contribution in [1.82, 2.24) is 4.90 Å². The molecule has 0 fully saturated rings. The van der Waals surface area contributed by atoms with Crippen LogP contribution >= 0.6 is 23.2 Å². The van der Waals surface area contributed by atoms with Gasteiger partial charge in [-0.25, -0.2) is 4.79 Å². The molecular formula is C18H17Cl2NO4. The average molecular weight is 382 g/mol. The molecule has 2 aromatic rings. The number of carbonyl (C=O) groups excluding carboxylic acids is 2. The Kier molecular flexibility index (Phi) is 6.67. The maximum absolute atomic E-state index is 12.3. The average Bonchev–Trinajstić information content (AvgIpc) is 2.59. The topological polar surface area (TPSA) is 55.8 Å². The first kappa shape index (κ1) is 19.1. The van der Waals surface area contributed by atoms with E-state index in [-0.39, 0.29) is 17.5 Å². The zero-order valence-corrected chi connectivity index (χ0v) is 15.3. The number of hydrogen-bond donors (Lipinski definition) is 0. The number of amides is 1. The van der Waals surface area contributed by atoms with Crippen molar-refractivity contribution < 1.29 is 19.1 Å². The zero-order chi connectivity index (χ0) is 18.4. The van der Waals surface area contributed by atoms with Crippen molar-refractivity contribution >= 4 is 35.1 Å². The summed E-state index contributed by atoms with van der Waals surface area (Å²) in [6.07, 6.45) is -1.03. The Morgan fingerprint density at radius 3 is 2.36 bits per heavy atom. The molecule has 0 bridgehead atoms. The van der Waals surface area contributed by atoms with Crippen LogP contribution in [0.2, 0.25) is 10.0 Å². The third-order valence-electron chi connectivity index (χ3n) is 3.26. The minimum absolute atomic E-state index is 0.282. The zero-order valence-electron chi connectivity index (χ0n) is 13.7. The highest BCUT2D eigenvalue weighted by molar-refractivity contribution is 6.35. The van der Waals surface area contributed by atoms with Crippen LogP contribution in [-0.2, 0) is 14.3 Å². The lowest BCUT2D eigenvalue weighted by Gasteiger charge is -2.21. The Labute approximate surface area is 156 Å². The van der Waals surface area contributed by atoms with Crippen molar-refractivity contribution in [1.29, 1.82) is 0 Å². The number of halogens is 2. The largest absolute Gasteiger partial charge is 0.480 e. The van der Waals surface area contributed by atoms with Crippen LogP contribution in [0.3, 0.4) is 0 Å². The maximum atomic E-state index is 12.3. The van der Waals surface area contributed by atoms with E-state index in [1.54, 1.807) is 50.5 Å². The Hall–Kier alpha value is -2.24. The molecule has 0 heterocycles. The molecule has 0 aromatic heterocycles. The van der Waals surface area contributed by atoms with Crippen LogP contribution in [0.15, 0.2) is 48.5 Å². The van der Waals surface area contributed by atoms with Crippen LogP contribution < -0.4 is 4.74 Å². The smallest absolute Gasteiger partial charge is 0.345 e. The van der Waals surface area contributed by atoms with Crippen molar-refractivity contribution in [2.24, 2.45) is 0 Å². The predicted octanol–water partition coefficient (Wildman–Crippen LogP) is 3.74. The van der Waals surface area contributed by atoms with E-state index in [0.717, 1.165) is 0 Å². The highest BCUT2D eigenvalue weighted by atomic mass is 35.5. The molecule has 0 saturated carbocycles. The normalized spacial score (nSPS) is 11.5. The van der Waals surface area contributed by atoms with Crippen LogP contribution in [-0.4, -0.2) is 37.5 Å². The van der Waals surface area contributed by atoms with Gasteiger partial charge < -0.3 is 14.4 Å². The standard InChI is InChI=1S/C18H17Cl2NO4/c1-21(2)18(23)17(12-6-4-3-5-7-12)25-16(22)11-24-15-9-8-13(19)10-14(15)20/h3-10,17H,11H2,1-2H3/t17-/m1/s1. The Bertz CT molecular complexity index is 750. The lowest BCUT2D eigenvalue weighted by Crippen LogP contribution is -2.32. The van der Waals surface area contributed by atoms with E-state index in [1.807, 2.05) is 6.07 Å². The molecule has 0 unspecified atom stereocenters. The molecule has 132 valence electrons. The Balaban J connectivity index is 2.05. The highest BCUT2D eigenvalue weighted by Gasteiger charge is 2.26. The molecule has 1 amide bonds. The van der Waals surface area contributed by atoms with Gasteiger partial charge in [0, 0.05) is 24.7 Å². The lowest BCUT2D eigenvalue weighted by molar-refractivity contribution is -0.161. The van der Waals surface area contributed by atoms with E-state index in [9.17, 15) is 9.59 Å². The number of rotatable bonds is 6. The molecule has 0 aliphatic rings. The summed E-state index contributed by atoms with van der Waals surface area (Å²) in [7, 11) is 3.19. The number of esters is 1. The molecule has 0 spiro atoms. The molecule has 0 saturated heterocycles.